The summed E-state index contributed by atoms with van der Waals surface area (Å²) in [6, 6.07) is 8.70. The molecule has 1 saturated heterocycles. The molecular weight excluding hydrogens is 254 g/mol. The number of benzene rings is 1. The Kier molecular flexibility index (Phi) is 5.24. The van der Waals surface area contributed by atoms with Crippen molar-refractivity contribution in [1.29, 1.82) is 0 Å². The fourth-order valence-corrected chi connectivity index (χ4v) is 2.55. The van der Waals surface area contributed by atoms with Gasteiger partial charge in [0.1, 0.15) is 0 Å². The van der Waals surface area contributed by atoms with E-state index in [1.54, 1.807) is 0 Å². The topological polar surface area (TPSA) is 62.4 Å². The van der Waals surface area contributed by atoms with Gasteiger partial charge in [-0.3, -0.25) is 5.32 Å². The van der Waals surface area contributed by atoms with Crippen LogP contribution in [0.5, 0.6) is 0 Å². The van der Waals surface area contributed by atoms with Crippen LogP contribution in [0.2, 0.25) is 0 Å². The zero-order valence-corrected chi connectivity index (χ0v) is 12.1. The molecule has 110 valence electrons. The Morgan fingerprint density at radius 3 is 2.70 bits per heavy atom. The Labute approximate surface area is 120 Å². The average molecular weight is 277 g/mol. The van der Waals surface area contributed by atoms with Crippen molar-refractivity contribution in [3.8, 4) is 0 Å². The number of hydrogen-bond acceptors (Lipinski definition) is 4. The molecule has 1 aliphatic rings. The molecule has 0 bridgehead atoms. The van der Waals surface area contributed by atoms with E-state index in [0.29, 0.717) is 12.1 Å². The van der Waals surface area contributed by atoms with Crippen molar-refractivity contribution in [2.45, 2.75) is 38.3 Å². The third-order valence-electron chi connectivity index (χ3n) is 3.53. The fourth-order valence-electron chi connectivity index (χ4n) is 2.55. The van der Waals surface area contributed by atoms with Crippen LogP contribution in [0.15, 0.2) is 24.3 Å². The van der Waals surface area contributed by atoms with E-state index in [9.17, 15) is 4.79 Å². The summed E-state index contributed by atoms with van der Waals surface area (Å²) in [6.45, 7) is 3.34. The Balaban J connectivity index is 1.81. The first-order valence-corrected chi connectivity index (χ1v) is 7.12. The van der Waals surface area contributed by atoms with E-state index >= 15 is 0 Å². The molecular formula is C15H23N3O2. The third kappa shape index (κ3) is 4.42. The molecule has 1 fully saturated rings. The molecule has 0 saturated carbocycles. The summed E-state index contributed by atoms with van der Waals surface area (Å²) in [5.74, 6) is 0. The predicted octanol–water partition coefficient (Wildman–Crippen LogP) is 2.81. The van der Waals surface area contributed by atoms with Crippen LogP contribution in [0, 0.1) is 0 Å². The highest BCUT2D eigenvalue weighted by Crippen LogP contribution is 2.17. The lowest BCUT2D eigenvalue weighted by Crippen LogP contribution is -2.29. The highest BCUT2D eigenvalue weighted by molar-refractivity contribution is 5.84. The van der Waals surface area contributed by atoms with Gasteiger partial charge in [0.2, 0.25) is 0 Å². The lowest BCUT2D eigenvalue weighted by molar-refractivity contribution is 0.187. The van der Waals surface area contributed by atoms with Crippen molar-refractivity contribution in [3.63, 3.8) is 0 Å². The molecule has 5 heteroatoms. The number of carbonyl (C=O) groups excluding carboxylic acids is 1. The van der Waals surface area contributed by atoms with Gasteiger partial charge in [0.05, 0.1) is 7.11 Å². The minimum Gasteiger partial charge on any atom is -0.453 e. The van der Waals surface area contributed by atoms with Gasteiger partial charge in [0.15, 0.2) is 0 Å². The average Bonchev–Trinajstić information content (AvgIpc) is 2.93. The number of anilines is 2. The molecule has 0 aliphatic carbocycles. The maximum absolute atomic E-state index is 11.1. The molecule has 0 aromatic heterocycles. The van der Waals surface area contributed by atoms with Crippen LogP contribution < -0.4 is 16.0 Å². The van der Waals surface area contributed by atoms with Crippen LogP contribution >= 0.6 is 0 Å². The van der Waals surface area contributed by atoms with Gasteiger partial charge < -0.3 is 15.4 Å². The number of hydrogen-bond donors (Lipinski definition) is 3. The Hall–Kier alpha value is -1.75. The maximum Gasteiger partial charge on any atom is 0.411 e. The van der Waals surface area contributed by atoms with Gasteiger partial charge in [-0.1, -0.05) is 0 Å². The van der Waals surface area contributed by atoms with Crippen LogP contribution in [-0.4, -0.2) is 31.8 Å². The van der Waals surface area contributed by atoms with Crippen LogP contribution in [0.1, 0.15) is 26.2 Å². The molecule has 0 spiro atoms. The summed E-state index contributed by atoms with van der Waals surface area (Å²) in [5, 5.41) is 9.62. The largest absolute Gasteiger partial charge is 0.453 e. The lowest BCUT2D eigenvalue weighted by Gasteiger charge is -2.19. The van der Waals surface area contributed by atoms with Crippen molar-refractivity contribution in [1.82, 2.24) is 5.32 Å². The number of rotatable bonds is 5. The highest BCUT2D eigenvalue weighted by atomic mass is 16.5. The lowest BCUT2D eigenvalue weighted by atomic mass is 10.1. The summed E-state index contributed by atoms with van der Waals surface area (Å²) >= 11 is 0. The molecule has 5 nitrogen and oxygen atoms in total. The Morgan fingerprint density at radius 2 is 2.10 bits per heavy atom. The number of carbonyl (C=O) groups is 1. The molecule has 3 N–H and O–H groups in total. The van der Waals surface area contributed by atoms with Crippen molar-refractivity contribution in [2.75, 3.05) is 24.3 Å². The first-order valence-electron chi connectivity index (χ1n) is 7.12. The monoisotopic (exact) mass is 277 g/mol. The minimum atomic E-state index is -0.452. The van der Waals surface area contributed by atoms with E-state index < -0.39 is 6.09 Å². The molecule has 2 rings (SSSR count). The van der Waals surface area contributed by atoms with Crippen molar-refractivity contribution < 1.29 is 9.53 Å². The van der Waals surface area contributed by atoms with Gasteiger partial charge in [-0.05, 0) is 57.0 Å². The minimum absolute atomic E-state index is 0.421. The van der Waals surface area contributed by atoms with Crippen LogP contribution in [-0.2, 0) is 4.74 Å². The van der Waals surface area contributed by atoms with E-state index in [1.807, 2.05) is 24.3 Å². The molecule has 0 radical (unpaired) electrons. The Bertz CT molecular complexity index is 427. The summed E-state index contributed by atoms with van der Waals surface area (Å²) in [4.78, 5) is 11.1. The summed E-state index contributed by atoms with van der Waals surface area (Å²) in [6.07, 6.45) is 3.23. The normalized spacial score (nSPS) is 19.4. The number of nitrogens with one attached hydrogen (secondary N) is 3. The number of methoxy groups -OCH3 is 1. The number of ether oxygens (including phenoxy) is 1. The van der Waals surface area contributed by atoms with Gasteiger partial charge in [-0.15, -0.1) is 0 Å². The van der Waals surface area contributed by atoms with E-state index in [2.05, 4.69) is 27.6 Å². The van der Waals surface area contributed by atoms with E-state index in [1.165, 1.54) is 20.0 Å². The molecule has 1 aliphatic heterocycles. The SMILES string of the molecule is COC(=O)Nc1ccc(NC(C)CC2CCCN2)cc1. The van der Waals surface area contributed by atoms with Crippen LogP contribution in [0.25, 0.3) is 0 Å². The van der Waals surface area contributed by atoms with Crippen molar-refractivity contribution in [2.24, 2.45) is 0 Å². The predicted molar refractivity (Wildman–Crippen MR) is 81.2 cm³/mol. The second-order valence-electron chi connectivity index (χ2n) is 5.27. The summed E-state index contributed by atoms with van der Waals surface area (Å²) < 4.78 is 4.55. The van der Waals surface area contributed by atoms with Gasteiger partial charge in [0.25, 0.3) is 0 Å². The van der Waals surface area contributed by atoms with E-state index in [4.69, 9.17) is 0 Å². The van der Waals surface area contributed by atoms with Crippen LogP contribution in [0.4, 0.5) is 16.2 Å². The zero-order chi connectivity index (χ0) is 14.4. The maximum atomic E-state index is 11.1. The van der Waals surface area contributed by atoms with E-state index in [0.717, 1.165) is 24.3 Å². The molecule has 1 amide bonds. The molecule has 1 heterocycles. The summed E-state index contributed by atoms with van der Waals surface area (Å²) in [7, 11) is 1.35. The van der Waals surface area contributed by atoms with Gasteiger partial charge in [-0.2, -0.15) is 0 Å². The first-order chi connectivity index (χ1) is 9.67. The first kappa shape index (κ1) is 14.7. The van der Waals surface area contributed by atoms with Crippen molar-refractivity contribution in [3.05, 3.63) is 24.3 Å². The van der Waals surface area contributed by atoms with Crippen LogP contribution in [0.3, 0.4) is 0 Å². The molecule has 20 heavy (non-hydrogen) atoms. The standard InChI is InChI=1S/C15H23N3O2/c1-11(10-14-4-3-9-16-14)17-12-5-7-13(8-6-12)18-15(19)20-2/h5-8,11,14,16-17H,3-4,9-10H2,1-2H3,(H,18,19). The second kappa shape index (κ2) is 7.14. The molecule has 2 unspecified atom stereocenters. The second-order valence-corrected chi connectivity index (χ2v) is 5.27. The Morgan fingerprint density at radius 1 is 1.40 bits per heavy atom. The molecule has 2 atom stereocenters. The summed E-state index contributed by atoms with van der Waals surface area (Å²) in [5.41, 5.74) is 1.79. The van der Waals surface area contributed by atoms with Gasteiger partial charge >= 0.3 is 6.09 Å². The zero-order valence-electron chi connectivity index (χ0n) is 12.1. The molecule has 1 aromatic rings. The van der Waals surface area contributed by atoms with Gasteiger partial charge in [-0.25, -0.2) is 4.79 Å². The van der Waals surface area contributed by atoms with Crippen molar-refractivity contribution >= 4 is 17.5 Å². The quantitative estimate of drug-likeness (QED) is 0.774. The smallest absolute Gasteiger partial charge is 0.411 e. The highest BCUT2D eigenvalue weighted by Gasteiger charge is 2.16. The van der Waals surface area contributed by atoms with Gasteiger partial charge in [0, 0.05) is 23.5 Å². The van der Waals surface area contributed by atoms with E-state index in [-0.39, 0.29) is 0 Å². The fraction of sp³-hybridized carbons (Fsp3) is 0.533. The molecule has 1 aromatic carbocycles. The third-order valence-corrected chi connectivity index (χ3v) is 3.53. The number of amides is 1.